The summed E-state index contributed by atoms with van der Waals surface area (Å²) in [6.07, 6.45) is 3.11. The van der Waals surface area contributed by atoms with Crippen molar-refractivity contribution in [1.82, 2.24) is 0 Å². The number of hydrogen-bond acceptors (Lipinski definition) is 1. The van der Waals surface area contributed by atoms with E-state index in [1.807, 2.05) is 18.2 Å². The molecule has 1 heteroatoms. The smallest absolute Gasteiger partial charge is 0.0958 e. The molecule has 0 unspecified atom stereocenters. The second-order valence-electron chi connectivity index (χ2n) is 4.28. The van der Waals surface area contributed by atoms with Gasteiger partial charge >= 0.3 is 0 Å². The average Bonchev–Trinajstić information content (AvgIpc) is 2.27. The Bertz CT molecular complexity index is 360. The summed E-state index contributed by atoms with van der Waals surface area (Å²) in [7, 11) is 0. The predicted molar refractivity (Wildman–Crippen MR) is 69.5 cm³/mol. The fourth-order valence-electron chi connectivity index (χ4n) is 1.72. The van der Waals surface area contributed by atoms with Crippen LogP contribution in [0.4, 0.5) is 0 Å². The predicted octanol–water partition coefficient (Wildman–Crippen LogP) is 4.27. The van der Waals surface area contributed by atoms with Crippen LogP contribution < -0.4 is 0 Å². The van der Waals surface area contributed by atoms with Crippen LogP contribution in [0.15, 0.2) is 54.3 Å². The zero-order chi connectivity index (χ0) is 12.0. The van der Waals surface area contributed by atoms with Crippen molar-refractivity contribution in [3.8, 4) is 0 Å². The number of allylic oxidation sites excluding steroid dienone is 2. The summed E-state index contributed by atoms with van der Waals surface area (Å²) in [5, 5.41) is 9.95. The van der Waals surface area contributed by atoms with Crippen LogP contribution in [0.25, 0.3) is 0 Å². The largest absolute Gasteiger partial charge is 0.512 e. The molecule has 0 saturated heterocycles. The molecule has 1 rings (SSSR count). The molecule has 0 aliphatic carbocycles. The lowest BCUT2D eigenvalue weighted by Gasteiger charge is -2.14. The minimum atomic E-state index is 0.361. The highest BCUT2D eigenvalue weighted by Crippen LogP contribution is 2.20. The molecular formula is C15H20O. The van der Waals surface area contributed by atoms with Crippen molar-refractivity contribution in [3.63, 3.8) is 0 Å². The summed E-state index contributed by atoms with van der Waals surface area (Å²) in [6.45, 7) is 7.87. The highest BCUT2D eigenvalue weighted by Gasteiger charge is 2.09. The number of benzene rings is 1. The highest BCUT2D eigenvalue weighted by atomic mass is 16.3. The third kappa shape index (κ3) is 3.58. The molecule has 0 fully saturated rings. The number of aliphatic hydroxyl groups is 1. The summed E-state index contributed by atoms with van der Waals surface area (Å²) in [6, 6.07) is 10.2. The SMILES string of the molecule is C=CC/C(O)=C(\Cc1ccccc1)C(C)C. The standard InChI is InChI=1S/C15H20O/c1-4-8-15(16)14(12(2)3)11-13-9-6-5-7-10-13/h4-7,9-10,12,16H,1,8,11H2,2-3H3/b15-14-. The van der Waals surface area contributed by atoms with E-state index in [9.17, 15) is 5.11 Å². The van der Waals surface area contributed by atoms with Crippen LogP contribution in [0, 0.1) is 5.92 Å². The first-order valence-corrected chi connectivity index (χ1v) is 5.70. The highest BCUT2D eigenvalue weighted by molar-refractivity contribution is 5.24. The van der Waals surface area contributed by atoms with E-state index in [4.69, 9.17) is 0 Å². The molecule has 1 N–H and O–H groups in total. The minimum absolute atomic E-state index is 0.361. The Kier molecular flexibility index (Phi) is 4.84. The van der Waals surface area contributed by atoms with Gasteiger partial charge in [-0.2, -0.15) is 0 Å². The fourth-order valence-corrected chi connectivity index (χ4v) is 1.72. The number of rotatable bonds is 5. The van der Waals surface area contributed by atoms with E-state index in [0.29, 0.717) is 18.1 Å². The lowest BCUT2D eigenvalue weighted by atomic mass is 9.94. The Morgan fingerprint density at radius 2 is 1.94 bits per heavy atom. The summed E-state index contributed by atoms with van der Waals surface area (Å²) in [5.74, 6) is 0.828. The molecule has 0 heterocycles. The van der Waals surface area contributed by atoms with Gasteiger partial charge in [0.2, 0.25) is 0 Å². The van der Waals surface area contributed by atoms with Crippen LogP contribution in [-0.2, 0) is 6.42 Å². The molecule has 1 nitrogen and oxygen atoms in total. The maximum atomic E-state index is 9.95. The summed E-state index contributed by atoms with van der Waals surface area (Å²) >= 11 is 0. The van der Waals surface area contributed by atoms with Crippen molar-refractivity contribution >= 4 is 0 Å². The van der Waals surface area contributed by atoms with Crippen molar-refractivity contribution in [2.75, 3.05) is 0 Å². The van der Waals surface area contributed by atoms with E-state index in [1.165, 1.54) is 5.56 Å². The first-order valence-electron chi connectivity index (χ1n) is 5.70. The van der Waals surface area contributed by atoms with Crippen molar-refractivity contribution in [3.05, 3.63) is 59.9 Å². The molecule has 0 aliphatic heterocycles. The Morgan fingerprint density at radius 1 is 1.31 bits per heavy atom. The maximum Gasteiger partial charge on any atom is 0.0958 e. The van der Waals surface area contributed by atoms with Gasteiger partial charge in [-0.3, -0.25) is 0 Å². The van der Waals surface area contributed by atoms with Crippen LogP contribution >= 0.6 is 0 Å². The zero-order valence-corrected chi connectivity index (χ0v) is 10.1. The topological polar surface area (TPSA) is 20.2 Å². The minimum Gasteiger partial charge on any atom is -0.512 e. The Balaban J connectivity index is 2.88. The van der Waals surface area contributed by atoms with Gasteiger partial charge in [-0.05, 0) is 23.5 Å². The van der Waals surface area contributed by atoms with E-state index < -0.39 is 0 Å². The van der Waals surface area contributed by atoms with Gasteiger partial charge in [-0.1, -0.05) is 50.3 Å². The average molecular weight is 216 g/mol. The van der Waals surface area contributed by atoms with Gasteiger partial charge in [0.15, 0.2) is 0 Å². The van der Waals surface area contributed by atoms with Crippen LogP contribution in [0.1, 0.15) is 25.8 Å². The van der Waals surface area contributed by atoms with Crippen molar-refractivity contribution in [2.24, 2.45) is 5.92 Å². The van der Waals surface area contributed by atoms with Crippen molar-refractivity contribution < 1.29 is 5.11 Å². The van der Waals surface area contributed by atoms with Gasteiger partial charge in [-0.15, -0.1) is 6.58 Å². The van der Waals surface area contributed by atoms with Gasteiger partial charge < -0.3 is 5.11 Å². The summed E-state index contributed by atoms with van der Waals surface area (Å²) < 4.78 is 0. The van der Waals surface area contributed by atoms with Crippen LogP contribution in [-0.4, -0.2) is 5.11 Å². The molecule has 0 radical (unpaired) electrons. The Labute approximate surface area is 98.1 Å². The molecule has 0 aromatic heterocycles. The fraction of sp³-hybridized carbons (Fsp3) is 0.333. The number of aliphatic hydroxyl groups excluding tert-OH is 1. The van der Waals surface area contributed by atoms with E-state index in [2.05, 4.69) is 32.6 Å². The zero-order valence-electron chi connectivity index (χ0n) is 10.1. The Hall–Kier alpha value is -1.50. The van der Waals surface area contributed by atoms with E-state index in [-0.39, 0.29) is 0 Å². The van der Waals surface area contributed by atoms with E-state index >= 15 is 0 Å². The first kappa shape index (κ1) is 12.6. The normalized spacial score (nSPS) is 12.4. The van der Waals surface area contributed by atoms with Crippen molar-refractivity contribution in [2.45, 2.75) is 26.7 Å². The molecular weight excluding hydrogens is 196 g/mol. The quantitative estimate of drug-likeness (QED) is 0.575. The lowest BCUT2D eigenvalue weighted by molar-refractivity contribution is 0.383. The molecule has 0 aliphatic rings. The Morgan fingerprint density at radius 3 is 2.44 bits per heavy atom. The maximum absolute atomic E-state index is 9.95. The second kappa shape index (κ2) is 6.16. The molecule has 0 amide bonds. The second-order valence-corrected chi connectivity index (χ2v) is 4.28. The third-order valence-corrected chi connectivity index (χ3v) is 2.64. The van der Waals surface area contributed by atoms with Crippen LogP contribution in [0.2, 0.25) is 0 Å². The molecule has 1 aromatic rings. The molecule has 0 atom stereocenters. The molecule has 16 heavy (non-hydrogen) atoms. The van der Waals surface area contributed by atoms with E-state index in [0.717, 1.165) is 12.0 Å². The van der Waals surface area contributed by atoms with Crippen LogP contribution in [0.3, 0.4) is 0 Å². The molecule has 0 spiro atoms. The molecule has 1 aromatic carbocycles. The van der Waals surface area contributed by atoms with Gasteiger partial charge in [0.1, 0.15) is 0 Å². The summed E-state index contributed by atoms with van der Waals surface area (Å²) in [4.78, 5) is 0. The van der Waals surface area contributed by atoms with Crippen LogP contribution in [0.5, 0.6) is 0 Å². The molecule has 0 saturated carbocycles. The van der Waals surface area contributed by atoms with Crippen molar-refractivity contribution in [1.29, 1.82) is 0 Å². The van der Waals surface area contributed by atoms with Gasteiger partial charge in [0, 0.05) is 6.42 Å². The summed E-state index contributed by atoms with van der Waals surface area (Å²) in [5.41, 5.74) is 2.34. The van der Waals surface area contributed by atoms with Gasteiger partial charge in [-0.25, -0.2) is 0 Å². The van der Waals surface area contributed by atoms with E-state index in [1.54, 1.807) is 6.08 Å². The molecule has 86 valence electrons. The molecule has 0 bridgehead atoms. The monoisotopic (exact) mass is 216 g/mol. The lowest BCUT2D eigenvalue weighted by Crippen LogP contribution is -2.03. The van der Waals surface area contributed by atoms with Gasteiger partial charge in [0.25, 0.3) is 0 Å². The number of hydrogen-bond donors (Lipinski definition) is 1. The van der Waals surface area contributed by atoms with Gasteiger partial charge in [0.05, 0.1) is 5.76 Å². The third-order valence-electron chi connectivity index (χ3n) is 2.64. The first-order chi connectivity index (χ1) is 7.65.